The minimum absolute atomic E-state index is 0.0411. The molecule has 0 aromatic carbocycles. The quantitative estimate of drug-likeness (QED) is 0.428. The van der Waals surface area contributed by atoms with Crippen LogP contribution in [0, 0.1) is 0 Å². The van der Waals surface area contributed by atoms with Crippen LogP contribution in [0.25, 0.3) is 0 Å². The predicted octanol–water partition coefficient (Wildman–Crippen LogP) is 0.325. The zero-order chi connectivity index (χ0) is 12.3. The van der Waals surface area contributed by atoms with Gasteiger partial charge in [0.2, 0.25) is 5.96 Å². The Morgan fingerprint density at radius 1 is 1.44 bits per heavy atom. The lowest BCUT2D eigenvalue weighted by Gasteiger charge is -2.15. The lowest BCUT2D eigenvalue weighted by atomic mass is 9.90. The summed E-state index contributed by atoms with van der Waals surface area (Å²) >= 11 is 0. The summed E-state index contributed by atoms with van der Waals surface area (Å²) in [4.78, 5) is 0. The molecule has 1 rings (SSSR count). The van der Waals surface area contributed by atoms with Crippen LogP contribution in [0.5, 0.6) is 0 Å². The Kier molecular flexibility index (Phi) is 3.31. The van der Waals surface area contributed by atoms with Crippen LogP contribution >= 0.6 is 0 Å². The molecule has 0 aliphatic heterocycles. The Balaban J connectivity index is 3.05. The molecule has 1 aromatic rings. The van der Waals surface area contributed by atoms with E-state index in [2.05, 4.69) is 36.1 Å². The Morgan fingerprint density at radius 2 is 2.06 bits per heavy atom. The van der Waals surface area contributed by atoms with Gasteiger partial charge < -0.3 is 11.5 Å². The molecule has 0 spiro atoms. The first-order chi connectivity index (χ1) is 7.30. The standard InChI is InChI=1S/C10H18N6/c1-10(2,3)8-7(6-16(4)15-8)5-13-14-9(11)12/h5-6H,1-4H3,(H4,11,12,14)/b13-5+. The average molecular weight is 222 g/mol. The van der Waals surface area contributed by atoms with E-state index in [1.807, 2.05) is 13.2 Å². The molecule has 1 aromatic heterocycles. The van der Waals surface area contributed by atoms with Crippen molar-refractivity contribution in [1.29, 1.82) is 0 Å². The highest BCUT2D eigenvalue weighted by molar-refractivity contribution is 5.82. The normalized spacial score (nSPS) is 12.0. The van der Waals surface area contributed by atoms with Crippen LogP contribution in [0.15, 0.2) is 16.4 Å². The summed E-state index contributed by atoms with van der Waals surface area (Å²) in [6.07, 6.45) is 3.49. The van der Waals surface area contributed by atoms with Gasteiger partial charge in [0.1, 0.15) is 0 Å². The maximum atomic E-state index is 5.18. The van der Waals surface area contributed by atoms with Crippen molar-refractivity contribution in [2.45, 2.75) is 26.2 Å². The van der Waals surface area contributed by atoms with Crippen LogP contribution in [-0.4, -0.2) is 22.0 Å². The zero-order valence-electron chi connectivity index (χ0n) is 10.1. The first-order valence-corrected chi connectivity index (χ1v) is 4.97. The maximum Gasteiger partial charge on any atom is 0.211 e. The summed E-state index contributed by atoms with van der Waals surface area (Å²) in [5.41, 5.74) is 12.2. The van der Waals surface area contributed by atoms with Crippen LogP contribution in [0.1, 0.15) is 32.0 Å². The van der Waals surface area contributed by atoms with Gasteiger partial charge in [-0.3, -0.25) is 4.68 Å². The fourth-order valence-corrected chi connectivity index (χ4v) is 1.34. The summed E-state index contributed by atoms with van der Waals surface area (Å²) in [7, 11) is 1.87. The van der Waals surface area contributed by atoms with Crippen LogP contribution in [-0.2, 0) is 12.5 Å². The van der Waals surface area contributed by atoms with E-state index in [0.717, 1.165) is 11.3 Å². The molecule has 0 aliphatic carbocycles. The number of nitrogens with zero attached hydrogens (tertiary/aromatic N) is 4. The lowest BCUT2D eigenvalue weighted by molar-refractivity contribution is 0.552. The molecule has 0 saturated heterocycles. The van der Waals surface area contributed by atoms with E-state index in [4.69, 9.17) is 11.5 Å². The Morgan fingerprint density at radius 3 is 2.56 bits per heavy atom. The van der Waals surface area contributed by atoms with Crippen molar-refractivity contribution in [3.8, 4) is 0 Å². The number of aryl methyl sites for hydroxylation is 1. The van der Waals surface area contributed by atoms with E-state index < -0.39 is 0 Å². The number of hydrogen-bond acceptors (Lipinski definition) is 3. The minimum atomic E-state index is -0.0579. The van der Waals surface area contributed by atoms with E-state index in [0.29, 0.717) is 0 Å². The largest absolute Gasteiger partial charge is 0.369 e. The molecule has 88 valence electrons. The third kappa shape index (κ3) is 3.08. The fraction of sp³-hybridized carbons (Fsp3) is 0.500. The van der Waals surface area contributed by atoms with E-state index >= 15 is 0 Å². The van der Waals surface area contributed by atoms with Gasteiger partial charge in [-0.2, -0.15) is 10.2 Å². The van der Waals surface area contributed by atoms with Crippen LogP contribution in [0.2, 0.25) is 0 Å². The maximum absolute atomic E-state index is 5.18. The van der Waals surface area contributed by atoms with Crippen molar-refractivity contribution in [3.05, 3.63) is 17.5 Å². The number of nitrogens with two attached hydrogens (primary N) is 2. The second-order valence-electron chi connectivity index (χ2n) is 4.63. The monoisotopic (exact) mass is 222 g/mol. The number of guanidine groups is 1. The van der Waals surface area contributed by atoms with Crippen LogP contribution < -0.4 is 11.5 Å². The van der Waals surface area contributed by atoms with Gasteiger partial charge in [0.25, 0.3) is 0 Å². The smallest absolute Gasteiger partial charge is 0.211 e. The van der Waals surface area contributed by atoms with Gasteiger partial charge in [0.05, 0.1) is 11.9 Å². The molecule has 4 N–H and O–H groups in total. The summed E-state index contributed by atoms with van der Waals surface area (Å²) in [5, 5.41) is 11.7. The van der Waals surface area contributed by atoms with Gasteiger partial charge in [0.15, 0.2) is 0 Å². The van der Waals surface area contributed by atoms with E-state index in [9.17, 15) is 0 Å². The van der Waals surface area contributed by atoms with Gasteiger partial charge >= 0.3 is 0 Å². The van der Waals surface area contributed by atoms with Crippen molar-refractivity contribution in [2.75, 3.05) is 0 Å². The molecule has 0 fully saturated rings. The summed E-state index contributed by atoms with van der Waals surface area (Å²) in [6.45, 7) is 6.27. The molecule has 6 nitrogen and oxygen atoms in total. The second-order valence-corrected chi connectivity index (χ2v) is 4.63. The second kappa shape index (κ2) is 4.34. The Bertz CT molecular complexity index is 417. The summed E-state index contributed by atoms with van der Waals surface area (Å²) in [5.74, 6) is -0.0579. The average Bonchev–Trinajstić information content (AvgIpc) is 2.45. The molecule has 0 amide bonds. The van der Waals surface area contributed by atoms with E-state index in [1.54, 1.807) is 10.9 Å². The van der Waals surface area contributed by atoms with Crippen LogP contribution in [0.3, 0.4) is 0 Å². The van der Waals surface area contributed by atoms with Crippen molar-refractivity contribution < 1.29 is 0 Å². The number of aromatic nitrogens is 2. The lowest BCUT2D eigenvalue weighted by Crippen LogP contribution is -2.21. The van der Waals surface area contributed by atoms with Crippen molar-refractivity contribution in [1.82, 2.24) is 9.78 Å². The number of hydrogen-bond donors (Lipinski definition) is 2. The fourth-order valence-electron chi connectivity index (χ4n) is 1.34. The van der Waals surface area contributed by atoms with E-state index in [1.165, 1.54) is 0 Å². The predicted molar refractivity (Wildman–Crippen MR) is 65.3 cm³/mol. The molecular weight excluding hydrogens is 204 g/mol. The molecule has 0 saturated carbocycles. The molecule has 0 bridgehead atoms. The molecule has 0 radical (unpaired) electrons. The molecule has 0 unspecified atom stereocenters. The van der Waals surface area contributed by atoms with Crippen LogP contribution in [0.4, 0.5) is 0 Å². The molecular formula is C10H18N6. The van der Waals surface area contributed by atoms with Crippen molar-refractivity contribution >= 4 is 12.2 Å². The zero-order valence-corrected chi connectivity index (χ0v) is 10.1. The highest BCUT2D eigenvalue weighted by Gasteiger charge is 2.20. The van der Waals surface area contributed by atoms with Gasteiger partial charge in [-0.15, -0.1) is 5.10 Å². The first kappa shape index (κ1) is 12.2. The third-order valence-corrected chi connectivity index (χ3v) is 1.94. The van der Waals surface area contributed by atoms with Gasteiger partial charge in [0, 0.05) is 24.2 Å². The summed E-state index contributed by atoms with van der Waals surface area (Å²) in [6, 6.07) is 0. The van der Waals surface area contributed by atoms with Gasteiger partial charge in [-0.25, -0.2) is 0 Å². The molecule has 1 heterocycles. The molecule has 0 atom stereocenters. The SMILES string of the molecule is Cn1cc(/C=N/N=C(N)N)c(C(C)(C)C)n1. The third-order valence-electron chi connectivity index (χ3n) is 1.94. The van der Waals surface area contributed by atoms with Gasteiger partial charge in [-0.1, -0.05) is 20.8 Å². The first-order valence-electron chi connectivity index (χ1n) is 4.97. The summed E-state index contributed by atoms with van der Waals surface area (Å²) < 4.78 is 1.75. The topological polar surface area (TPSA) is 94.6 Å². The molecule has 0 aliphatic rings. The highest BCUT2D eigenvalue weighted by atomic mass is 15.3. The number of rotatable bonds is 2. The molecule has 16 heavy (non-hydrogen) atoms. The van der Waals surface area contributed by atoms with Gasteiger partial charge in [-0.05, 0) is 0 Å². The van der Waals surface area contributed by atoms with E-state index in [-0.39, 0.29) is 11.4 Å². The van der Waals surface area contributed by atoms with Crippen molar-refractivity contribution in [3.63, 3.8) is 0 Å². The Labute approximate surface area is 95.0 Å². The molecule has 6 heteroatoms. The Hall–Kier alpha value is -1.85. The highest BCUT2D eigenvalue weighted by Crippen LogP contribution is 2.22. The van der Waals surface area contributed by atoms with Crippen molar-refractivity contribution in [2.24, 2.45) is 28.7 Å². The minimum Gasteiger partial charge on any atom is -0.369 e.